The van der Waals surface area contributed by atoms with Crippen LogP contribution in [0.15, 0.2) is 24.3 Å². The SMILES string of the molecule is Cc1cccc(OC(C)CNC(=O)N(C)CC(C)O)c1. The van der Waals surface area contributed by atoms with E-state index in [9.17, 15) is 9.90 Å². The molecule has 20 heavy (non-hydrogen) atoms. The Labute approximate surface area is 120 Å². The number of aryl methyl sites for hydroxylation is 1. The van der Waals surface area contributed by atoms with Crippen molar-refractivity contribution in [2.45, 2.75) is 33.0 Å². The van der Waals surface area contributed by atoms with E-state index in [1.54, 1.807) is 14.0 Å². The number of carbonyl (C=O) groups excluding carboxylic acids is 1. The van der Waals surface area contributed by atoms with Crippen LogP contribution in [0.1, 0.15) is 19.4 Å². The second-order valence-electron chi connectivity index (χ2n) is 5.16. The van der Waals surface area contributed by atoms with E-state index >= 15 is 0 Å². The summed E-state index contributed by atoms with van der Waals surface area (Å²) < 4.78 is 5.72. The number of hydrogen-bond acceptors (Lipinski definition) is 3. The summed E-state index contributed by atoms with van der Waals surface area (Å²) >= 11 is 0. The number of aliphatic hydroxyl groups excluding tert-OH is 1. The molecular formula is C15H24N2O3. The summed E-state index contributed by atoms with van der Waals surface area (Å²) in [5.41, 5.74) is 1.13. The lowest BCUT2D eigenvalue weighted by atomic mass is 10.2. The summed E-state index contributed by atoms with van der Waals surface area (Å²) in [6.07, 6.45) is -0.660. The van der Waals surface area contributed by atoms with Crippen molar-refractivity contribution in [2.75, 3.05) is 20.1 Å². The molecule has 2 N–H and O–H groups in total. The van der Waals surface area contributed by atoms with Crippen molar-refractivity contribution in [3.05, 3.63) is 29.8 Å². The Morgan fingerprint density at radius 3 is 2.75 bits per heavy atom. The van der Waals surface area contributed by atoms with Gasteiger partial charge in [-0.1, -0.05) is 12.1 Å². The minimum absolute atomic E-state index is 0.124. The van der Waals surface area contributed by atoms with Crippen LogP contribution in [0, 0.1) is 6.92 Å². The van der Waals surface area contributed by atoms with E-state index in [1.807, 2.05) is 38.1 Å². The van der Waals surface area contributed by atoms with Gasteiger partial charge in [-0.05, 0) is 38.5 Å². The van der Waals surface area contributed by atoms with Gasteiger partial charge in [0.1, 0.15) is 11.9 Å². The Bertz CT molecular complexity index is 435. The van der Waals surface area contributed by atoms with Crippen LogP contribution in [0.2, 0.25) is 0 Å². The molecule has 0 radical (unpaired) electrons. The van der Waals surface area contributed by atoms with Crippen LogP contribution in [-0.4, -0.2) is 48.4 Å². The normalized spacial score (nSPS) is 13.4. The first-order chi connectivity index (χ1) is 9.38. The van der Waals surface area contributed by atoms with Gasteiger partial charge in [0, 0.05) is 13.6 Å². The van der Waals surface area contributed by atoms with Crippen molar-refractivity contribution in [1.29, 1.82) is 0 Å². The maximum atomic E-state index is 11.7. The molecule has 0 saturated carbocycles. The van der Waals surface area contributed by atoms with E-state index in [0.717, 1.165) is 11.3 Å². The van der Waals surface area contributed by atoms with Gasteiger partial charge in [0.05, 0.1) is 12.6 Å². The zero-order valence-corrected chi connectivity index (χ0v) is 12.6. The lowest BCUT2D eigenvalue weighted by Gasteiger charge is -2.21. The Morgan fingerprint density at radius 1 is 1.45 bits per heavy atom. The summed E-state index contributed by atoms with van der Waals surface area (Å²) in [6, 6.07) is 7.57. The van der Waals surface area contributed by atoms with Crippen LogP contribution >= 0.6 is 0 Å². The highest BCUT2D eigenvalue weighted by Gasteiger charge is 2.12. The monoisotopic (exact) mass is 280 g/mol. The summed E-state index contributed by atoms with van der Waals surface area (Å²) in [5, 5.41) is 12.0. The third kappa shape index (κ3) is 5.93. The van der Waals surface area contributed by atoms with Crippen molar-refractivity contribution >= 4 is 6.03 Å². The summed E-state index contributed by atoms with van der Waals surface area (Å²) in [4.78, 5) is 13.2. The molecule has 0 spiro atoms. The van der Waals surface area contributed by atoms with E-state index in [2.05, 4.69) is 5.32 Å². The fourth-order valence-electron chi connectivity index (χ4n) is 1.81. The third-order valence-corrected chi connectivity index (χ3v) is 2.75. The molecule has 112 valence electrons. The molecule has 2 unspecified atom stereocenters. The van der Waals surface area contributed by atoms with Crippen LogP contribution in [0.25, 0.3) is 0 Å². The molecule has 2 atom stereocenters. The van der Waals surface area contributed by atoms with E-state index in [-0.39, 0.29) is 12.1 Å². The molecule has 0 aliphatic heterocycles. The predicted molar refractivity (Wildman–Crippen MR) is 79.0 cm³/mol. The molecule has 0 saturated heterocycles. The number of aliphatic hydroxyl groups is 1. The van der Waals surface area contributed by atoms with Gasteiger partial charge in [-0.3, -0.25) is 0 Å². The van der Waals surface area contributed by atoms with E-state index in [0.29, 0.717) is 13.1 Å². The topological polar surface area (TPSA) is 61.8 Å². The largest absolute Gasteiger partial charge is 0.489 e. The van der Waals surface area contributed by atoms with Gasteiger partial charge in [-0.15, -0.1) is 0 Å². The number of hydrogen-bond donors (Lipinski definition) is 2. The summed E-state index contributed by atoms with van der Waals surface area (Å²) in [6.45, 7) is 6.27. The molecule has 0 aliphatic carbocycles. The minimum Gasteiger partial charge on any atom is -0.489 e. The number of likely N-dealkylation sites (N-methyl/N-ethyl adjacent to an activating group) is 1. The molecule has 0 bridgehead atoms. The number of urea groups is 1. The zero-order chi connectivity index (χ0) is 15.1. The lowest BCUT2D eigenvalue weighted by molar-refractivity contribution is 0.141. The second-order valence-corrected chi connectivity index (χ2v) is 5.16. The fraction of sp³-hybridized carbons (Fsp3) is 0.533. The maximum absolute atomic E-state index is 11.7. The van der Waals surface area contributed by atoms with Crippen LogP contribution < -0.4 is 10.1 Å². The van der Waals surface area contributed by atoms with Crippen molar-refractivity contribution in [3.8, 4) is 5.75 Å². The lowest BCUT2D eigenvalue weighted by Crippen LogP contribution is -2.43. The number of benzene rings is 1. The van der Waals surface area contributed by atoms with E-state index < -0.39 is 6.10 Å². The van der Waals surface area contributed by atoms with E-state index in [1.165, 1.54) is 4.90 Å². The Morgan fingerprint density at radius 2 is 2.15 bits per heavy atom. The fourth-order valence-corrected chi connectivity index (χ4v) is 1.81. The molecule has 1 aromatic rings. The summed E-state index contributed by atoms with van der Waals surface area (Å²) in [5.74, 6) is 0.795. The molecule has 1 rings (SSSR count). The van der Waals surface area contributed by atoms with Crippen molar-refractivity contribution in [1.82, 2.24) is 10.2 Å². The number of ether oxygens (including phenoxy) is 1. The zero-order valence-electron chi connectivity index (χ0n) is 12.6. The van der Waals surface area contributed by atoms with Crippen molar-refractivity contribution < 1.29 is 14.6 Å². The summed E-state index contributed by atoms with van der Waals surface area (Å²) in [7, 11) is 1.65. The van der Waals surface area contributed by atoms with Gasteiger partial charge >= 0.3 is 6.03 Å². The van der Waals surface area contributed by atoms with Gasteiger partial charge < -0.3 is 20.1 Å². The molecule has 5 nitrogen and oxygen atoms in total. The average molecular weight is 280 g/mol. The highest BCUT2D eigenvalue weighted by atomic mass is 16.5. The van der Waals surface area contributed by atoms with Crippen LogP contribution in [-0.2, 0) is 0 Å². The highest BCUT2D eigenvalue weighted by Crippen LogP contribution is 2.13. The molecule has 2 amide bonds. The number of nitrogens with one attached hydrogen (secondary N) is 1. The first-order valence-corrected chi connectivity index (χ1v) is 6.79. The quantitative estimate of drug-likeness (QED) is 0.835. The Kier molecular flexibility index (Phi) is 6.31. The van der Waals surface area contributed by atoms with Gasteiger partial charge in [0.25, 0.3) is 0 Å². The number of amides is 2. The number of carbonyl (C=O) groups is 1. The third-order valence-electron chi connectivity index (χ3n) is 2.75. The number of nitrogens with zero attached hydrogens (tertiary/aromatic N) is 1. The van der Waals surface area contributed by atoms with E-state index in [4.69, 9.17) is 4.74 Å². The van der Waals surface area contributed by atoms with Crippen molar-refractivity contribution in [3.63, 3.8) is 0 Å². The van der Waals surface area contributed by atoms with Crippen LogP contribution in [0.5, 0.6) is 5.75 Å². The maximum Gasteiger partial charge on any atom is 0.317 e. The Hall–Kier alpha value is -1.75. The highest BCUT2D eigenvalue weighted by molar-refractivity contribution is 5.73. The van der Waals surface area contributed by atoms with Crippen molar-refractivity contribution in [2.24, 2.45) is 0 Å². The smallest absolute Gasteiger partial charge is 0.317 e. The molecule has 1 aromatic carbocycles. The molecule has 0 aromatic heterocycles. The van der Waals surface area contributed by atoms with Gasteiger partial charge in [0.2, 0.25) is 0 Å². The van der Waals surface area contributed by atoms with Gasteiger partial charge in [-0.25, -0.2) is 4.79 Å². The standard InChI is InChI=1S/C15H24N2O3/c1-11-6-5-7-14(8-11)20-13(3)9-16-15(19)17(4)10-12(2)18/h5-8,12-13,18H,9-10H2,1-4H3,(H,16,19). The Balaban J connectivity index is 2.36. The first-order valence-electron chi connectivity index (χ1n) is 6.79. The average Bonchev–Trinajstić information content (AvgIpc) is 2.35. The molecule has 0 aliphatic rings. The predicted octanol–water partition coefficient (Wildman–Crippen LogP) is 1.78. The van der Waals surface area contributed by atoms with Crippen LogP contribution in [0.3, 0.4) is 0 Å². The van der Waals surface area contributed by atoms with Gasteiger partial charge in [-0.2, -0.15) is 0 Å². The molecule has 5 heteroatoms. The molecule has 0 fully saturated rings. The minimum atomic E-state index is -0.535. The first kappa shape index (κ1) is 16.3. The van der Waals surface area contributed by atoms with Gasteiger partial charge in [0.15, 0.2) is 0 Å². The van der Waals surface area contributed by atoms with Crippen LogP contribution in [0.4, 0.5) is 4.79 Å². The molecular weight excluding hydrogens is 256 g/mol. The second kappa shape index (κ2) is 7.75. The molecule has 0 heterocycles. The number of rotatable bonds is 6.